The summed E-state index contributed by atoms with van der Waals surface area (Å²) in [5, 5.41) is 4.43. The minimum absolute atomic E-state index is 0.211. The van der Waals surface area contributed by atoms with Crippen molar-refractivity contribution in [2.75, 3.05) is 0 Å². The second kappa shape index (κ2) is 5.92. The molecular formula is C17H18N6O. The second-order valence-electron chi connectivity index (χ2n) is 5.81. The molecule has 1 N–H and O–H groups in total. The normalized spacial score (nSPS) is 11.5. The number of aromatic amines is 1. The first kappa shape index (κ1) is 14.6. The van der Waals surface area contributed by atoms with Crippen molar-refractivity contribution in [2.24, 2.45) is 0 Å². The van der Waals surface area contributed by atoms with Crippen LogP contribution in [0, 0.1) is 0 Å². The highest BCUT2D eigenvalue weighted by Crippen LogP contribution is 2.13. The molecule has 0 radical (unpaired) electrons. The number of benzene rings is 1. The van der Waals surface area contributed by atoms with Gasteiger partial charge in [-0.1, -0.05) is 43.7 Å². The Labute approximate surface area is 138 Å². The zero-order valence-corrected chi connectivity index (χ0v) is 13.4. The highest BCUT2D eigenvalue weighted by Gasteiger charge is 2.16. The molecule has 0 aliphatic carbocycles. The first-order valence-electron chi connectivity index (χ1n) is 8.13. The lowest BCUT2D eigenvalue weighted by Crippen LogP contribution is -2.20. The molecule has 0 bridgehead atoms. The monoisotopic (exact) mass is 322 g/mol. The van der Waals surface area contributed by atoms with Gasteiger partial charge in [0.25, 0.3) is 0 Å². The van der Waals surface area contributed by atoms with Crippen molar-refractivity contribution in [1.82, 2.24) is 29.1 Å². The molecule has 7 nitrogen and oxygen atoms in total. The van der Waals surface area contributed by atoms with E-state index in [1.165, 1.54) is 4.52 Å². The lowest BCUT2D eigenvalue weighted by atomic mass is 10.1. The number of nitrogens with zero attached hydrogens (tertiary/aromatic N) is 5. The Morgan fingerprint density at radius 1 is 1.21 bits per heavy atom. The van der Waals surface area contributed by atoms with E-state index in [1.54, 1.807) is 6.33 Å². The number of hydrogen-bond acceptors (Lipinski definition) is 4. The summed E-state index contributed by atoms with van der Waals surface area (Å²) in [7, 11) is 0. The molecule has 0 atom stereocenters. The first-order valence-corrected chi connectivity index (χ1v) is 8.13. The van der Waals surface area contributed by atoms with Crippen LogP contribution in [0.1, 0.15) is 31.2 Å². The molecule has 0 saturated carbocycles. The van der Waals surface area contributed by atoms with E-state index in [-0.39, 0.29) is 5.56 Å². The molecule has 24 heavy (non-hydrogen) atoms. The molecule has 0 fully saturated rings. The molecular weight excluding hydrogens is 304 g/mol. The summed E-state index contributed by atoms with van der Waals surface area (Å²) in [4.78, 5) is 24.5. The number of unbranched alkanes of at least 4 members (excludes halogenated alkanes) is 1. The fourth-order valence-corrected chi connectivity index (χ4v) is 2.88. The molecule has 0 saturated heterocycles. The van der Waals surface area contributed by atoms with Gasteiger partial charge in [-0.05, 0) is 12.0 Å². The molecule has 4 rings (SSSR count). The van der Waals surface area contributed by atoms with Gasteiger partial charge in [-0.15, -0.1) is 5.10 Å². The van der Waals surface area contributed by atoms with Gasteiger partial charge in [-0.25, -0.2) is 4.98 Å². The minimum Gasteiger partial charge on any atom is -0.339 e. The number of rotatable bonds is 5. The van der Waals surface area contributed by atoms with Gasteiger partial charge in [0.15, 0.2) is 17.0 Å². The predicted molar refractivity (Wildman–Crippen MR) is 91.1 cm³/mol. The van der Waals surface area contributed by atoms with Crippen LogP contribution in [0.15, 0.2) is 41.5 Å². The van der Waals surface area contributed by atoms with Crippen LogP contribution in [-0.2, 0) is 13.0 Å². The SMILES string of the molecule is CCCCn1c2nc[nH]c2c(=O)n2nc(Cc3ccccc3)nc12. The topological polar surface area (TPSA) is 80.9 Å². The van der Waals surface area contributed by atoms with Crippen LogP contribution in [-0.4, -0.2) is 29.1 Å². The van der Waals surface area contributed by atoms with Crippen molar-refractivity contribution in [3.05, 3.63) is 58.4 Å². The average Bonchev–Trinajstić information content (AvgIpc) is 3.23. The zero-order chi connectivity index (χ0) is 16.5. The summed E-state index contributed by atoms with van der Waals surface area (Å²) in [6.45, 7) is 2.89. The molecule has 0 aliphatic heterocycles. The van der Waals surface area contributed by atoms with E-state index in [0.29, 0.717) is 29.2 Å². The van der Waals surface area contributed by atoms with Crippen LogP contribution in [0.2, 0.25) is 0 Å². The largest absolute Gasteiger partial charge is 0.339 e. The lowest BCUT2D eigenvalue weighted by molar-refractivity contribution is 0.641. The number of aromatic nitrogens is 6. The average molecular weight is 322 g/mol. The molecule has 7 heteroatoms. The van der Waals surface area contributed by atoms with Crippen LogP contribution < -0.4 is 5.56 Å². The maximum absolute atomic E-state index is 12.6. The molecule has 122 valence electrons. The summed E-state index contributed by atoms with van der Waals surface area (Å²) in [5.74, 6) is 1.19. The zero-order valence-electron chi connectivity index (χ0n) is 13.4. The van der Waals surface area contributed by atoms with Gasteiger partial charge in [-0.3, -0.25) is 9.36 Å². The Balaban J connectivity index is 1.88. The van der Waals surface area contributed by atoms with Crippen LogP contribution in [0.5, 0.6) is 0 Å². The molecule has 0 aliphatic rings. The number of H-pyrrole nitrogens is 1. The van der Waals surface area contributed by atoms with Crippen molar-refractivity contribution in [3.8, 4) is 0 Å². The first-order chi connectivity index (χ1) is 11.8. The van der Waals surface area contributed by atoms with Crippen molar-refractivity contribution in [1.29, 1.82) is 0 Å². The van der Waals surface area contributed by atoms with Gasteiger partial charge < -0.3 is 4.98 Å². The predicted octanol–water partition coefficient (Wildman–Crippen LogP) is 2.16. The fraction of sp³-hybridized carbons (Fsp3) is 0.294. The molecule has 1 aromatic carbocycles. The highest BCUT2D eigenvalue weighted by molar-refractivity contribution is 5.71. The molecule has 0 amide bonds. The van der Waals surface area contributed by atoms with E-state index >= 15 is 0 Å². The van der Waals surface area contributed by atoms with Crippen LogP contribution in [0.4, 0.5) is 0 Å². The molecule has 0 unspecified atom stereocenters. The fourth-order valence-electron chi connectivity index (χ4n) is 2.88. The van der Waals surface area contributed by atoms with Crippen molar-refractivity contribution >= 4 is 16.9 Å². The third-order valence-electron chi connectivity index (χ3n) is 4.10. The smallest absolute Gasteiger partial charge is 0.301 e. The summed E-state index contributed by atoms with van der Waals surface area (Å²) in [6.07, 6.45) is 4.17. The Hall–Kier alpha value is -2.96. The molecule has 3 aromatic heterocycles. The van der Waals surface area contributed by atoms with Crippen LogP contribution in [0.3, 0.4) is 0 Å². The summed E-state index contributed by atoms with van der Waals surface area (Å²) in [6, 6.07) is 10.0. The highest BCUT2D eigenvalue weighted by atomic mass is 16.1. The van der Waals surface area contributed by atoms with E-state index in [0.717, 1.165) is 24.9 Å². The van der Waals surface area contributed by atoms with E-state index in [2.05, 4.69) is 27.0 Å². The quantitative estimate of drug-likeness (QED) is 0.610. The van der Waals surface area contributed by atoms with Gasteiger partial charge in [0.05, 0.1) is 6.33 Å². The number of aryl methyl sites for hydroxylation is 1. The van der Waals surface area contributed by atoms with E-state index in [1.807, 2.05) is 34.9 Å². The minimum atomic E-state index is -0.211. The number of fused-ring (bicyclic) bond motifs is 2. The summed E-state index contributed by atoms with van der Waals surface area (Å²) < 4.78 is 3.35. The third kappa shape index (κ3) is 2.38. The second-order valence-corrected chi connectivity index (χ2v) is 5.81. The standard InChI is InChI=1S/C17H18N6O/c1-2-3-9-22-15-14(18-11-19-15)16(24)23-17(22)20-13(21-23)10-12-7-5-4-6-8-12/h4-8,11H,2-3,9-10H2,1H3,(H,18,19). The van der Waals surface area contributed by atoms with Gasteiger partial charge in [0, 0.05) is 13.0 Å². The van der Waals surface area contributed by atoms with Crippen LogP contribution >= 0.6 is 0 Å². The molecule has 3 heterocycles. The molecule has 4 aromatic rings. The maximum Gasteiger partial charge on any atom is 0.301 e. The van der Waals surface area contributed by atoms with Crippen molar-refractivity contribution in [2.45, 2.75) is 32.7 Å². The van der Waals surface area contributed by atoms with E-state index in [4.69, 9.17) is 0 Å². The summed E-state index contributed by atoms with van der Waals surface area (Å²) in [5.41, 5.74) is 2.01. The number of nitrogens with one attached hydrogen (secondary N) is 1. The Bertz CT molecular complexity index is 1040. The van der Waals surface area contributed by atoms with Gasteiger partial charge in [-0.2, -0.15) is 9.50 Å². The van der Waals surface area contributed by atoms with Crippen molar-refractivity contribution in [3.63, 3.8) is 0 Å². The lowest BCUT2D eigenvalue weighted by Gasteiger charge is -2.07. The van der Waals surface area contributed by atoms with Gasteiger partial charge in [0.2, 0.25) is 5.78 Å². The maximum atomic E-state index is 12.6. The van der Waals surface area contributed by atoms with Gasteiger partial charge >= 0.3 is 5.56 Å². The number of hydrogen-bond donors (Lipinski definition) is 1. The van der Waals surface area contributed by atoms with Crippen LogP contribution in [0.25, 0.3) is 16.9 Å². The third-order valence-corrected chi connectivity index (χ3v) is 4.10. The Morgan fingerprint density at radius 2 is 2.04 bits per heavy atom. The van der Waals surface area contributed by atoms with Gasteiger partial charge in [0.1, 0.15) is 0 Å². The van der Waals surface area contributed by atoms with Crippen molar-refractivity contribution < 1.29 is 0 Å². The summed E-state index contributed by atoms with van der Waals surface area (Å²) >= 11 is 0. The Kier molecular flexibility index (Phi) is 3.60. The van der Waals surface area contributed by atoms with E-state index < -0.39 is 0 Å². The molecule has 0 spiro atoms. The number of imidazole rings is 1. The van der Waals surface area contributed by atoms with E-state index in [9.17, 15) is 4.79 Å². The Morgan fingerprint density at radius 3 is 2.83 bits per heavy atom.